The van der Waals surface area contributed by atoms with Gasteiger partial charge in [0.15, 0.2) is 0 Å². The first-order valence-corrected chi connectivity index (χ1v) is 8.39. The molecule has 1 saturated heterocycles. The van der Waals surface area contributed by atoms with E-state index < -0.39 is 0 Å². The van der Waals surface area contributed by atoms with E-state index in [4.69, 9.17) is 11.6 Å². The molecule has 1 heterocycles. The van der Waals surface area contributed by atoms with Crippen LogP contribution in [-0.4, -0.2) is 37.0 Å². The molecule has 0 radical (unpaired) electrons. The largest absolute Gasteiger partial charge is 0.334 e. The van der Waals surface area contributed by atoms with Crippen LogP contribution in [0.15, 0.2) is 48.5 Å². The molecule has 3 rings (SSSR count). The highest BCUT2D eigenvalue weighted by Gasteiger charge is 2.29. The summed E-state index contributed by atoms with van der Waals surface area (Å²) in [5.41, 5.74) is 2.70. The zero-order valence-corrected chi connectivity index (χ0v) is 14.0. The molecule has 1 amide bonds. The van der Waals surface area contributed by atoms with E-state index in [1.54, 1.807) is 0 Å². The van der Waals surface area contributed by atoms with Gasteiger partial charge in [0.1, 0.15) is 0 Å². The minimum atomic E-state index is 0.0329. The minimum Gasteiger partial charge on any atom is -0.334 e. The maximum atomic E-state index is 13.0. The molecule has 0 bridgehead atoms. The van der Waals surface area contributed by atoms with Crippen molar-refractivity contribution in [1.82, 2.24) is 10.2 Å². The van der Waals surface area contributed by atoms with Crippen molar-refractivity contribution < 1.29 is 4.79 Å². The first kappa shape index (κ1) is 16.0. The SMILES string of the molecule is CNCC1CCCN1C(=O)c1cc(-c2ccccc2)ccc1Cl. The van der Waals surface area contributed by atoms with Crippen molar-refractivity contribution in [1.29, 1.82) is 0 Å². The standard InChI is InChI=1S/C19H21ClN2O/c1-21-13-16-8-5-11-22(16)19(23)17-12-15(9-10-18(17)20)14-6-3-2-4-7-14/h2-4,6-7,9-10,12,16,21H,5,8,11,13H2,1H3. The van der Waals surface area contributed by atoms with Gasteiger partial charge < -0.3 is 10.2 Å². The molecule has 1 atom stereocenters. The Labute approximate surface area is 142 Å². The van der Waals surface area contributed by atoms with Crippen LogP contribution >= 0.6 is 11.6 Å². The van der Waals surface area contributed by atoms with Crippen LogP contribution in [0.3, 0.4) is 0 Å². The van der Waals surface area contributed by atoms with E-state index in [1.807, 2.05) is 60.5 Å². The molecule has 2 aromatic carbocycles. The molecule has 0 spiro atoms. The molecule has 0 aromatic heterocycles. The Hall–Kier alpha value is -1.84. The highest BCUT2D eigenvalue weighted by Crippen LogP contribution is 2.28. The fourth-order valence-electron chi connectivity index (χ4n) is 3.20. The molecule has 1 aliphatic rings. The van der Waals surface area contributed by atoms with Gasteiger partial charge in [-0.25, -0.2) is 0 Å². The van der Waals surface area contributed by atoms with Crippen molar-refractivity contribution in [2.24, 2.45) is 0 Å². The number of hydrogen-bond acceptors (Lipinski definition) is 2. The van der Waals surface area contributed by atoms with Crippen molar-refractivity contribution in [2.75, 3.05) is 20.1 Å². The lowest BCUT2D eigenvalue weighted by Crippen LogP contribution is -2.40. The third-order valence-corrected chi connectivity index (χ3v) is 4.71. The van der Waals surface area contributed by atoms with Crippen LogP contribution in [-0.2, 0) is 0 Å². The summed E-state index contributed by atoms with van der Waals surface area (Å²) in [5.74, 6) is 0.0329. The second kappa shape index (κ2) is 7.16. The van der Waals surface area contributed by atoms with Crippen LogP contribution < -0.4 is 5.32 Å². The normalized spacial score (nSPS) is 17.5. The highest BCUT2D eigenvalue weighted by molar-refractivity contribution is 6.34. The van der Waals surface area contributed by atoms with Crippen molar-refractivity contribution in [3.8, 4) is 11.1 Å². The molecule has 23 heavy (non-hydrogen) atoms. The van der Waals surface area contributed by atoms with Crippen LogP contribution in [0.5, 0.6) is 0 Å². The summed E-state index contributed by atoms with van der Waals surface area (Å²) < 4.78 is 0. The van der Waals surface area contributed by atoms with Crippen molar-refractivity contribution >= 4 is 17.5 Å². The number of halogens is 1. The van der Waals surface area contributed by atoms with Gasteiger partial charge in [-0.05, 0) is 43.1 Å². The summed E-state index contributed by atoms with van der Waals surface area (Å²) in [5, 5.41) is 3.69. The van der Waals surface area contributed by atoms with E-state index in [9.17, 15) is 4.79 Å². The molecule has 120 valence electrons. The first-order chi connectivity index (χ1) is 11.2. The van der Waals surface area contributed by atoms with Gasteiger partial charge in [-0.1, -0.05) is 48.0 Å². The quantitative estimate of drug-likeness (QED) is 0.925. The number of carbonyl (C=O) groups excluding carboxylic acids is 1. The average molecular weight is 329 g/mol. The van der Waals surface area contributed by atoms with E-state index in [0.29, 0.717) is 10.6 Å². The van der Waals surface area contributed by atoms with Gasteiger partial charge in [-0.15, -0.1) is 0 Å². The van der Waals surface area contributed by atoms with Crippen LogP contribution in [0.4, 0.5) is 0 Å². The zero-order valence-electron chi connectivity index (χ0n) is 13.3. The van der Waals surface area contributed by atoms with Gasteiger partial charge in [-0.2, -0.15) is 0 Å². The van der Waals surface area contributed by atoms with Crippen LogP contribution in [0.2, 0.25) is 5.02 Å². The average Bonchev–Trinajstić information content (AvgIpc) is 3.04. The highest BCUT2D eigenvalue weighted by atomic mass is 35.5. The molecular weight excluding hydrogens is 308 g/mol. The molecule has 4 heteroatoms. The molecule has 0 aliphatic carbocycles. The van der Waals surface area contributed by atoms with Gasteiger partial charge in [0.2, 0.25) is 0 Å². The van der Waals surface area contributed by atoms with Crippen LogP contribution in [0, 0.1) is 0 Å². The van der Waals surface area contributed by atoms with Crippen LogP contribution in [0.1, 0.15) is 23.2 Å². The lowest BCUT2D eigenvalue weighted by atomic mass is 10.0. The van der Waals surface area contributed by atoms with Crippen molar-refractivity contribution in [2.45, 2.75) is 18.9 Å². The molecule has 1 aliphatic heterocycles. The summed E-state index contributed by atoms with van der Waals surface area (Å²) in [6.07, 6.45) is 2.09. The van der Waals surface area contributed by atoms with E-state index in [2.05, 4.69) is 5.32 Å². The maximum Gasteiger partial charge on any atom is 0.255 e. The number of likely N-dealkylation sites (tertiary alicyclic amines) is 1. The third-order valence-electron chi connectivity index (χ3n) is 4.38. The third kappa shape index (κ3) is 3.41. The van der Waals surface area contributed by atoms with E-state index in [0.717, 1.165) is 37.1 Å². The molecule has 1 fully saturated rings. The van der Waals surface area contributed by atoms with E-state index >= 15 is 0 Å². The molecular formula is C19H21ClN2O. The van der Waals surface area contributed by atoms with Gasteiger partial charge in [0.05, 0.1) is 10.6 Å². The predicted molar refractivity (Wildman–Crippen MR) is 94.9 cm³/mol. The maximum absolute atomic E-state index is 13.0. The molecule has 1 N–H and O–H groups in total. The van der Waals surface area contributed by atoms with Gasteiger partial charge in [0, 0.05) is 19.1 Å². The lowest BCUT2D eigenvalue weighted by molar-refractivity contribution is 0.0737. The lowest BCUT2D eigenvalue weighted by Gasteiger charge is -2.25. The fraction of sp³-hybridized carbons (Fsp3) is 0.316. The molecule has 3 nitrogen and oxygen atoms in total. The summed E-state index contributed by atoms with van der Waals surface area (Å²) in [4.78, 5) is 14.9. The molecule has 0 saturated carbocycles. The number of benzene rings is 2. The second-order valence-electron chi connectivity index (χ2n) is 5.91. The van der Waals surface area contributed by atoms with Crippen molar-refractivity contribution in [3.05, 3.63) is 59.1 Å². The summed E-state index contributed by atoms with van der Waals surface area (Å²) in [6, 6.07) is 16.0. The minimum absolute atomic E-state index is 0.0329. The van der Waals surface area contributed by atoms with Gasteiger partial charge in [-0.3, -0.25) is 4.79 Å². The van der Waals surface area contributed by atoms with E-state index in [-0.39, 0.29) is 11.9 Å². The Morgan fingerprint density at radius 1 is 1.22 bits per heavy atom. The number of nitrogens with one attached hydrogen (secondary N) is 1. The number of hydrogen-bond donors (Lipinski definition) is 1. The summed E-state index contributed by atoms with van der Waals surface area (Å²) >= 11 is 6.32. The summed E-state index contributed by atoms with van der Waals surface area (Å²) in [7, 11) is 1.92. The number of amides is 1. The molecule has 1 unspecified atom stereocenters. The monoisotopic (exact) mass is 328 g/mol. The number of carbonyl (C=O) groups is 1. The number of nitrogens with zero attached hydrogens (tertiary/aromatic N) is 1. The topological polar surface area (TPSA) is 32.3 Å². The Kier molecular flexibility index (Phi) is 4.99. The van der Waals surface area contributed by atoms with E-state index in [1.165, 1.54) is 0 Å². The number of rotatable bonds is 4. The van der Waals surface area contributed by atoms with Gasteiger partial charge in [0.25, 0.3) is 5.91 Å². The number of likely N-dealkylation sites (N-methyl/N-ethyl adjacent to an activating group) is 1. The zero-order chi connectivity index (χ0) is 16.2. The Bertz CT molecular complexity index is 687. The summed E-state index contributed by atoms with van der Waals surface area (Å²) in [6.45, 7) is 1.62. The smallest absolute Gasteiger partial charge is 0.255 e. The first-order valence-electron chi connectivity index (χ1n) is 8.01. The Morgan fingerprint density at radius 3 is 2.74 bits per heavy atom. The van der Waals surface area contributed by atoms with Crippen molar-refractivity contribution in [3.63, 3.8) is 0 Å². The van der Waals surface area contributed by atoms with Gasteiger partial charge >= 0.3 is 0 Å². The second-order valence-corrected chi connectivity index (χ2v) is 6.32. The Morgan fingerprint density at radius 2 is 2.00 bits per heavy atom. The Balaban J connectivity index is 1.91. The fourth-order valence-corrected chi connectivity index (χ4v) is 3.40. The van der Waals surface area contributed by atoms with Crippen LogP contribution in [0.25, 0.3) is 11.1 Å². The predicted octanol–water partition coefficient (Wildman–Crippen LogP) is 3.83. The molecule has 2 aromatic rings.